The van der Waals surface area contributed by atoms with E-state index >= 15 is 0 Å². The van der Waals surface area contributed by atoms with Gasteiger partial charge < -0.3 is 9.64 Å². The van der Waals surface area contributed by atoms with Gasteiger partial charge >= 0.3 is 6.18 Å². The van der Waals surface area contributed by atoms with E-state index in [0.29, 0.717) is 13.2 Å². The number of amides is 1. The van der Waals surface area contributed by atoms with Gasteiger partial charge in [-0.25, -0.2) is 0 Å². The van der Waals surface area contributed by atoms with E-state index in [1.165, 1.54) is 12.1 Å². The summed E-state index contributed by atoms with van der Waals surface area (Å²) in [7, 11) is 0. The van der Waals surface area contributed by atoms with Crippen molar-refractivity contribution in [1.82, 2.24) is 4.90 Å². The number of rotatable bonds is 3. The molecule has 0 bridgehead atoms. The summed E-state index contributed by atoms with van der Waals surface area (Å²) >= 11 is 0. The lowest BCUT2D eigenvalue weighted by atomic mass is 10.0. The molecule has 6 heteroatoms. The first-order chi connectivity index (χ1) is 11.0. The molecule has 2 aliphatic heterocycles. The molecule has 1 aromatic rings. The van der Waals surface area contributed by atoms with Crippen molar-refractivity contribution in [2.24, 2.45) is 0 Å². The third kappa shape index (κ3) is 3.52. The van der Waals surface area contributed by atoms with Crippen LogP contribution in [0.4, 0.5) is 13.2 Å². The zero-order valence-corrected chi connectivity index (χ0v) is 12.8. The van der Waals surface area contributed by atoms with E-state index in [1.54, 1.807) is 11.0 Å². The Bertz CT molecular complexity index is 567. The van der Waals surface area contributed by atoms with Crippen LogP contribution in [-0.4, -0.2) is 36.1 Å². The molecule has 1 aromatic carbocycles. The lowest BCUT2D eigenvalue weighted by Gasteiger charge is -2.29. The fraction of sp³-hybridized carbons (Fsp3) is 0.588. The highest BCUT2D eigenvalue weighted by molar-refractivity contribution is 5.80. The smallest absolute Gasteiger partial charge is 0.376 e. The second-order valence-electron chi connectivity index (χ2n) is 6.18. The minimum atomic E-state index is -4.43. The number of hydrogen-bond acceptors (Lipinski definition) is 2. The van der Waals surface area contributed by atoms with E-state index in [0.717, 1.165) is 31.7 Å². The Balaban J connectivity index is 1.74. The summed E-state index contributed by atoms with van der Waals surface area (Å²) in [5, 5.41) is 0. The van der Waals surface area contributed by atoms with Gasteiger partial charge in [0.1, 0.15) is 0 Å². The van der Waals surface area contributed by atoms with Crippen LogP contribution in [0.3, 0.4) is 0 Å². The maximum Gasteiger partial charge on any atom is 0.416 e. The summed E-state index contributed by atoms with van der Waals surface area (Å²) in [4.78, 5) is 14.3. The normalized spacial score (nSPS) is 25.1. The van der Waals surface area contributed by atoms with Gasteiger partial charge in [0.25, 0.3) is 0 Å². The molecule has 23 heavy (non-hydrogen) atoms. The monoisotopic (exact) mass is 327 g/mol. The van der Waals surface area contributed by atoms with Crippen LogP contribution in [-0.2, 0) is 22.1 Å². The van der Waals surface area contributed by atoms with Gasteiger partial charge in [-0.1, -0.05) is 18.2 Å². The Morgan fingerprint density at radius 3 is 2.70 bits per heavy atom. The first kappa shape index (κ1) is 16.3. The minimum Gasteiger partial charge on any atom is -0.376 e. The quantitative estimate of drug-likeness (QED) is 0.851. The molecule has 126 valence electrons. The van der Waals surface area contributed by atoms with Crippen LogP contribution in [0, 0.1) is 0 Å². The highest BCUT2D eigenvalue weighted by Gasteiger charge is 2.38. The molecule has 2 atom stereocenters. The summed E-state index contributed by atoms with van der Waals surface area (Å²) in [6.07, 6.45) is -0.934. The molecule has 0 aromatic heterocycles. The number of alkyl halides is 3. The Morgan fingerprint density at radius 1 is 1.22 bits per heavy atom. The molecule has 0 radical (unpaired) electrons. The van der Waals surface area contributed by atoms with Gasteiger partial charge in [-0.2, -0.15) is 13.2 Å². The number of carbonyl (C=O) groups excluding carboxylic acids is 1. The van der Waals surface area contributed by atoms with E-state index in [1.807, 2.05) is 0 Å². The molecule has 2 heterocycles. The van der Waals surface area contributed by atoms with E-state index in [2.05, 4.69) is 0 Å². The van der Waals surface area contributed by atoms with Crippen molar-refractivity contribution >= 4 is 5.91 Å². The maximum atomic E-state index is 13.1. The highest BCUT2D eigenvalue weighted by Crippen LogP contribution is 2.33. The van der Waals surface area contributed by atoms with E-state index in [-0.39, 0.29) is 30.0 Å². The molecule has 0 saturated carbocycles. The molecular weight excluding hydrogens is 307 g/mol. The van der Waals surface area contributed by atoms with Gasteiger partial charge in [0.05, 0.1) is 24.1 Å². The molecule has 3 nitrogen and oxygen atoms in total. The number of ether oxygens (including phenoxy) is 1. The van der Waals surface area contributed by atoms with Crippen LogP contribution >= 0.6 is 0 Å². The van der Waals surface area contributed by atoms with Crippen LogP contribution in [0.15, 0.2) is 24.3 Å². The average molecular weight is 327 g/mol. The molecule has 0 aliphatic carbocycles. The number of carbonyl (C=O) groups is 1. The second kappa shape index (κ2) is 6.51. The average Bonchev–Trinajstić information content (AvgIpc) is 3.17. The zero-order chi connectivity index (χ0) is 16.4. The first-order valence-corrected chi connectivity index (χ1v) is 8.03. The molecule has 2 aliphatic rings. The van der Waals surface area contributed by atoms with Gasteiger partial charge in [-0.3, -0.25) is 4.79 Å². The molecule has 3 rings (SSSR count). The molecular formula is C17H20F3NO2. The molecule has 2 saturated heterocycles. The molecule has 1 amide bonds. The SMILES string of the molecule is O=C(Cc1ccccc1C(F)(F)F)N1CCC[C@@H]1[C@@H]1CCCO1. The van der Waals surface area contributed by atoms with Crippen LogP contribution in [0.2, 0.25) is 0 Å². The molecule has 2 fully saturated rings. The lowest BCUT2D eigenvalue weighted by Crippen LogP contribution is -2.43. The summed E-state index contributed by atoms with van der Waals surface area (Å²) in [6.45, 7) is 1.32. The number of halogens is 3. The van der Waals surface area contributed by atoms with Crippen LogP contribution in [0.5, 0.6) is 0 Å². The van der Waals surface area contributed by atoms with E-state index in [4.69, 9.17) is 4.74 Å². The van der Waals surface area contributed by atoms with Gasteiger partial charge in [0.2, 0.25) is 5.91 Å². The second-order valence-corrected chi connectivity index (χ2v) is 6.18. The van der Waals surface area contributed by atoms with Gasteiger partial charge in [-0.15, -0.1) is 0 Å². The fourth-order valence-corrected chi connectivity index (χ4v) is 3.61. The number of benzene rings is 1. The molecule has 0 N–H and O–H groups in total. The van der Waals surface area contributed by atoms with E-state index in [9.17, 15) is 18.0 Å². The summed E-state index contributed by atoms with van der Waals surface area (Å²) < 4.78 is 44.8. The van der Waals surface area contributed by atoms with Crippen LogP contribution in [0.1, 0.15) is 36.8 Å². The van der Waals surface area contributed by atoms with E-state index < -0.39 is 11.7 Å². The lowest BCUT2D eigenvalue weighted by molar-refractivity contribution is -0.139. The van der Waals surface area contributed by atoms with Crippen molar-refractivity contribution < 1.29 is 22.7 Å². The third-order valence-corrected chi connectivity index (χ3v) is 4.68. The Hall–Kier alpha value is -1.56. The maximum absolute atomic E-state index is 13.1. The Morgan fingerprint density at radius 2 is 2.00 bits per heavy atom. The molecule has 0 unspecified atom stereocenters. The fourth-order valence-electron chi connectivity index (χ4n) is 3.61. The van der Waals surface area contributed by atoms with Crippen molar-refractivity contribution in [2.75, 3.05) is 13.2 Å². The third-order valence-electron chi connectivity index (χ3n) is 4.68. The van der Waals surface area contributed by atoms with Crippen molar-refractivity contribution in [2.45, 2.75) is 50.4 Å². The standard InChI is InChI=1S/C17H20F3NO2/c18-17(19,20)13-6-2-1-5-12(13)11-16(22)21-9-3-7-14(21)15-8-4-10-23-15/h1-2,5-6,14-15H,3-4,7-11H2/t14-,15+/m1/s1. The number of likely N-dealkylation sites (tertiary alicyclic amines) is 1. The predicted molar refractivity (Wildman–Crippen MR) is 78.9 cm³/mol. The van der Waals surface area contributed by atoms with Crippen LogP contribution in [0.25, 0.3) is 0 Å². The largest absolute Gasteiger partial charge is 0.416 e. The Kier molecular flexibility index (Phi) is 4.62. The van der Waals surface area contributed by atoms with Crippen molar-refractivity contribution in [1.29, 1.82) is 0 Å². The highest BCUT2D eigenvalue weighted by atomic mass is 19.4. The predicted octanol–water partition coefficient (Wildman–Crippen LogP) is 3.42. The zero-order valence-electron chi connectivity index (χ0n) is 12.8. The Labute approximate surface area is 133 Å². The van der Waals surface area contributed by atoms with Gasteiger partial charge in [0, 0.05) is 13.2 Å². The minimum absolute atomic E-state index is 0.0167. The van der Waals surface area contributed by atoms with Crippen molar-refractivity contribution in [3.05, 3.63) is 35.4 Å². The van der Waals surface area contributed by atoms with Crippen molar-refractivity contribution in [3.8, 4) is 0 Å². The van der Waals surface area contributed by atoms with Crippen LogP contribution < -0.4 is 0 Å². The van der Waals surface area contributed by atoms with Gasteiger partial charge in [0.15, 0.2) is 0 Å². The van der Waals surface area contributed by atoms with Gasteiger partial charge in [-0.05, 0) is 37.3 Å². The summed E-state index contributed by atoms with van der Waals surface area (Å²) in [5.74, 6) is -0.236. The number of nitrogens with zero attached hydrogens (tertiary/aromatic N) is 1. The molecule has 0 spiro atoms. The summed E-state index contributed by atoms with van der Waals surface area (Å²) in [5.41, 5.74) is -0.677. The van der Waals surface area contributed by atoms with Crippen molar-refractivity contribution in [3.63, 3.8) is 0 Å². The number of hydrogen-bond donors (Lipinski definition) is 0. The topological polar surface area (TPSA) is 29.5 Å². The summed E-state index contributed by atoms with van der Waals surface area (Å²) in [6, 6.07) is 5.33. The first-order valence-electron chi connectivity index (χ1n) is 8.03.